The van der Waals surface area contributed by atoms with E-state index in [2.05, 4.69) is 36.6 Å². The number of carbonyl (C=O) groups excluding carboxylic acids is 3. The maximum Gasteiger partial charge on any atom is 0.326 e. The number of rotatable bonds is 32. The van der Waals surface area contributed by atoms with Gasteiger partial charge in [0.25, 0.3) is 11.8 Å². The summed E-state index contributed by atoms with van der Waals surface area (Å²) in [7, 11) is 0. The number of carboxylic acids is 1. The van der Waals surface area contributed by atoms with E-state index in [1.54, 1.807) is 73.2 Å². The van der Waals surface area contributed by atoms with Crippen LogP contribution in [0.3, 0.4) is 0 Å². The number of benzene rings is 1. The van der Waals surface area contributed by atoms with Crippen LogP contribution in [0.2, 0.25) is 0 Å². The van der Waals surface area contributed by atoms with Crippen LogP contribution >= 0.6 is 0 Å². The summed E-state index contributed by atoms with van der Waals surface area (Å²) in [5, 5.41) is 24.3. The fraction of sp³-hybridized carbons (Fsp3) is 0.444. The summed E-state index contributed by atoms with van der Waals surface area (Å²) in [6.07, 6.45) is 7.10. The zero-order valence-electron chi connectivity index (χ0n) is 43.5. The average Bonchev–Trinajstić information content (AvgIpc) is 3.62. The monoisotopic (exact) mass is 1050 g/mol. The zero-order chi connectivity index (χ0) is 54.3. The molecule has 1 atom stereocenters. The predicted molar refractivity (Wildman–Crippen MR) is 275 cm³/mol. The van der Waals surface area contributed by atoms with Gasteiger partial charge in [0.2, 0.25) is 5.88 Å². The molecule has 1 aromatic carbocycles. The van der Waals surface area contributed by atoms with Crippen LogP contribution in [0.15, 0.2) is 85.5 Å². The van der Waals surface area contributed by atoms with Crippen LogP contribution in [0.25, 0.3) is 11.3 Å². The lowest BCUT2D eigenvalue weighted by Gasteiger charge is -2.32. The summed E-state index contributed by atoms with van der Waals surface area (Å²) in [5.41, 5.74) is 2.13. The molecule has 2 amide bonds. The molecule has 404 valence electrons. The number of hydrogen-bond acceptors (Lipinski definition) is 19. The van der Waals surface area contributed by atoms with Crippen LogP contribution < -0.4 is 29.7 Å². The van der Waals surface area contributed by atoms with Crippen molar-refractivity contribution in [1.82, 2.24) is 35.6 Å². The molecule has 0 unspecified atom stereocenters. The molecule has 0 spiro atoms. The van der Waals surface area contributed by atoms with E-state index in [4.69, 9.17) is 42.9 Å². The van der Waals surface area contributed by atoms with Gasteiger partial charge < -0.3 is 58.5 Å². The fourth-order valence-electron chi connectivity index (χ4n) is 7.40. The fourth-order valence-corrected chi connectivity index (χ4v) is 7.40. The molecule has 0 fully saturated rings. The minimum absolute atomic E-state index is 0.0555. The van der Waals surface area contributed by atoms with Gasteiger partial charge in [-0.1, -0.05) is 32.9 Å². The maximum absolute atomic E-state index is 13.3. The van der Waals surface area contributed by atoms with Crippen molar-refractivity contribution >= 4 is 29.4 Å². The first-order valence-electron chi connectivity index (χ1n) is 24.8. The Hall–Kier alpha value is -7.68. The van der Waals surface area contributed by atoms with Crippen LogP contribution in [0.5, 0.6) is 23.4 Å². The Morgan fingerprint density at radius 2 is 1.43 bits per heavy atom. The molecule has 22 nitrogen and oxygen atoms in total. The normalized spacial score (nSPS) is 13.1. The Kier molecular flexibility index (Phi) is 21.9. The number of anilines is 1. The Labute approximate surface area is 441 Å². The second-order valence-electron chi connectivity index (χ2n) is 18.9. The van der Waals surface area contributed by atoms with Crippen molar-refractivity contribution in [1.29, 1.82) is 5.26 Å². The summed E-state index contributed by atoms with van der Waals surface area (Å²) < 4.78 is 44.8. The first-order valence-corrected chi connectivity index (χ1v) is 24.8. The van der Waals surface area contributed by atoms with Crippen LogP contribution in [0.4, 0.5) is 5.82 Å². The number of amides is 2. The molecular weight excluding hydrogens is 983 g/mol. The largest absolute Gasteiger partial charge is 0.484 e. The summed E-state index contributed by atoms with van der Waals surface area (Å²) in [5.74, 6) is -0.555. The standard InChI is InChI=1S/C54H65N9O13/c1-53(2,3)16-15-44(51(67)68)61-46(64)36-75-40-9-6-10-41(30-40)76-47-14-11-37(32-58-47)50(66)57-18-19-69-20-21-70-22-23-71-24-25-72-26-27-73-28-29-74-52-59-33-39(34-60-52)43-13-12-42-48(65)54(4,5)63(49(42)62-43)35-38-8-7-17-56-45(38)31-55/h6-14,17,30,32-34,44H,15-16,18-29,35-36H2,1-5H3,(H,57,66)(H,61,64)(H,67,68)/t44-/m0/s1. The van der Waals surface area contributed by atoms with Crippen molar-refractivity contribution in [3.63, 3.8) is 0 Å². The number of nitrogens with zero attached hydrogens (tertiary/aromatic N) is 7. The third-order valence-electron chi connectivity index (χ3n) is 11.5. The molecule has 0 bridgehead atoms. The summed E-state index contributed by atoms with van der Waals surface area (Å²) >= 11 is 0. The van der Waals surface area contributed by atoms with E-state index in [1.165, 1.54) is 6.20 Å². The van der Waals surface area contributed by atoms with Crippen molar-refractivity contribution in [3.05, 3.63) is 108 Å². The number of nitrogens with one attached hydrogen (secondary N) is 2. The van der Waals surface area contributed by atoms with E-state index in [-0.39, 0.29) is 55.4 Å². The van der Waals surface area contributed by atoms with Gasteiger partial charge in [0, 0.05) is 61.1 Å². The first-order chi connectivity index (χ1) is 36.6. The van der Waals surface area contributed by atoms with E-state index in [0.29, 0.717) is 130 Å². The van der Waals surface area contributed by atoms with E-state index in [9.17, 15) is 29.5 Å². The van der Waals surface area contributed by atoms with Crippen molar-refractivity contribution in [3.8, 4) is 40.7 Å². The molecule has 0 saturated carbocycles. The molecule has 0 aliphatic carbocycles. The second-order valence-corrected chi connectivity index (χ2v) is 18.9. The molecule has 4 aromatic heterocycles. The van der Waals surface area contributed by atoms with Crippen molar-refractivity contribution < 1.29 is 62.2 Å². The molecule has 5 heterocycles. The van der Waals surface area contributed by atoms with E-state index >= 15 is 0 Å². The van der Waals surface area contributed by atoms with Gasteiger partial charge in [-0.05, 0) is 68.5 Å². The number of hydrogen-bond donors (Lipinski definition) is 3. The number of aromatic nitrogens is 5. The Bertz CT molecular complexity index is 2730. The molecule has 1 aliphatic heterocycles. The van der Waals surface area contributed by atoms with Crippen molar-refractivity contribution in [2.75, 3.05) is 90.7 Å². The van der Waals surface area contributed by atoms with Gasteiger partial charge in [0.1, 0.15) is 41.7 Å². The number of ether oxygens (including phenoxy) is 8. The molecule has 0 saturated heterocycles. The van der Waals surface area contributed by atoms with Crippen LogP contribution in [0, 0.1) is 16.7 Å². The van der Waals surface area contributed by atoms with Gasteiger partial charge in [-0.2, -0.15) is 5.26 Å². The van der Waals surface area contributed by atoms with Gasteiger partial charge in [0.15, 0.2) is 12.4 Å². The lowest BCUT2D eigenvalue weighted by Crippen LogP contribution is -2.44. The smallest absolute Gasteiger partial charge is 0.326 e. The molecule has 22 heteroatoms. The minimum Gasteiger partial charge on any atom is -0.484 e. The number of carbonyl (C=O) groups is 4. The molecule has 76 heavy (non-hydrogen) atoms. The number of pyridine rings is 3. The topological polar surface area (TPSA) is 278 Å². The number of Topliss-reactive ketones (excluding diaryl/α,β-unsaturated/α-hetero) is 1. The van der Waals surface area contributed by atoms with Crippen LogP contribution in [-0.4, -0.2) is 151 Å². The number of fused-ring (bicyclic) bond motifs is 1. The molecule has 1 aliphatic rings. The number of ketones is 1. The molecule has 6 rings (SSSR count). The van der Waals surface area contributed by atoms with Crippen molar-refractivity contribution in [2.24, 2.45) is 5.41 Å². The minimum atomic E-state index is -1.10. The highest BCUT2D eigenvalue weighted by molar-refractivity contribution is 6.13. The predicted octanol–water partition coefficient (Wildman–Crippen LogP) is 5.64. The highest BCUT2D eigenvalue weighted by atomic mass is 16.6. The SMILES string of the molecule is CC(C)(C)CC[C@H](NC(=O)COc1cccc(Oc2ccc(C(=O)NCCOCCOCCOCCOCCOCCOc3ncc(-c4ccc5c(n4)N(Cc4cccnc4C#N)C(C)(C)C5=O)cn3)cn2)c1)C(=O)O. The van der Waals surface area contributed by atoms with E-state index in [1.807, 2.05) is 45.6 Å². The van der Waals surface area contributed by atoms with Gasteiger partial charge in [-0.25, -0.2) is 29.7 Å². The van der Waals surface area contributed by atoms with Crippen LogP contribution in [0.1, 0.15) is 79.4 Å². The Balaban J connectivity index is 0.735. The number of nitriles is 1. The Morgan fingerprint density at radius 1 is 0.776 bits per heavy atom. The van der Waals surface area contributed by atoms with Gasteiger partial charge in [-0.15, -0.1) is 0 Å². The third-order valence-corrected chi connectivity index (χ3v) is 11.5. The number of carboxylic acid groups (broad SMARTS) is 1. The second kappa shape index (κ2) is 28.8. The number of aliphatic carboxylic acids is 1. The highest BCUT2D eigenvalue weighted by Gasteiger charge is 2.45. The lowest BCUT2D eigenvalue weighted by molar-refractivity contribution is -0.142. The van der Waals surface area contributed by atoms with Crippen molar-refractivity contribution in [2.45, 2.75) is 65.6 Å². The molecule has 0 radical (unpaired) electrons. The molecule has 5 aromatic rings. The van der Waals surface area contributed by atoms with Gasteiger partial charge in [0.05, 0.1) is 88.4 Å². The first kappa shape index (κ1) is 57.6. The zero-order valence-corrected chi connectivity index (χ0v) is 43.5. The summed E-state index contributed by atoms with van der Waals surface area (Å²) in [6, 6.07) is 18.1. The lowest BCUT2D eigenvalue weighted by atomic mass is 9.88. The quantitative estimate of drug-likeness (QED) is 0.0439. The molecule has 3 N–H and O–H groups in total. The summed E-state index contributed by atoms with van der Waals surface area (Å²) in [4.78, 5) is 73.7. The third kappa shape index (κ3) is 18.0. The average molecular weight is 1050 g/mol. The van der Waals surface area contributed by atoms with Crippen LogP contribution in [-0.2, 0) is 39.8 Å². The maximum atomic E-state index is 13.3. The highest BCUT2D eigenvalue weighted by Crippen LogP contribution is 2.40. The van der Waals surface area contributed by atoms with E-state index < -0.39 is 23.5 Å². The molecular formula is C54H65N9O13. The van der Waals surface area contributed by atoms with Gasteiger partial charge >= 0.3 is 12.0 Å². The van der Waals surface area contributed by atoms with E-state index in [0.717, 1.165) is 0 Å². The summed E-state index contributed by atoms with van der Waals surface area (Å²) in [6.45, 7) is 13.8. The Morgan fingerprint density at radius 3 is 2.07 bits per heavy atom. The van der Waals surface area contributed by atoms with Gasteiger partial charge in [-0.3, -0.25) is 14.4 Å².